The zero-order valence-corrected chi connectivity index (χ0v) is 28.6. The van der Waals surface area contributed by atoms with Gasteiger partial charge in [0.25, 0.3) is 11.8 Å². The molecular formula is C36H48N6O7. The number of hydrogen-bond donors (Lipinski definition) is 2. The third kappa shape index (κ3) is 8.25. The predicted molar refractivity (Wildman–Crippen MR) is 181 cm³/mol. The first kappa shape index (κ1) is 34.4. The monoisotopic (exact) mass is 676 g/mol. The number of aromatic nitrogens is 1. The van der Waals surface area contributed by atoms with Crippen molar-refractivity contribution in [3.63, 3.8) is 0 Å². The van der Waals surface area contributed by atoms with E-state index in [9.17, 15) is 24.0 Å². The van der Waals surface area contributed by atoms with Gasteiger partial charge in [0.1, 0.15) is 23.5 Å². The van der Waals surface area contributed by atoms with Crippen LogP contribution in [0.25, 0.3) is 10.9 Å². The van der Waals surface area contributed by atoms with Crippen molar-refractivity contribution >= 4 is 40.6 Å². The van der Waals surface area contributed by atoms with Crippen molar-refractivity contribution in [1.82, 2.24) is 30.3 Å². The number of pyridine rings is 1. The summed E-state index contributed by atoms with van der Waals surface area (Å²) in [7, 11) is 0. The minimum absolute atomic E-state index is 0.0273. The molecule has 3 heterocycles. The van der Waals surface area contributed by atoms with Crippen molar-refractivity contribution in [2.24, 2.45) is 5.92 Å². The van der Waals surface area contributed by atoms with E-state index in [1.165, 1.54) is 6.07 Å². The first-order chi connectivity index (χ1) is 23.7. The average Bonchev–Trinajstić information content (AvgIpc) is 3.81. The van der Waals surface area contributed by atoms with Gasteiger partial charge in [0.05, 0.1) is 12.1 Å². The molecule has 2 aromatic rings. The van der Waals surface area contributed by atoms with Crippen LogP contribution in [0.5, 0.6) is 5.75 Å². The quantitative estimate of drug-likeness (QED) is 0.326. The van der Waals surface area contributed by atoms with Crippen LogP contribution < -0.4 is 15.4 Å². The summed E-state index contributed by atoms with van der Waals surface area (Å²) in [6.45, 7) is 6.00. The predicted octanol–water partition coefficient (Wildman–Crippen LogP) is 3.17. The van der Waals surface area contributed by atoms with Gasteiger partial charge in [0, 0.05) is 50.2 Å². The molecule has 2 saturated heterocycles. The minimum atomic E-state index is -0.713. The molecule has 0 spiro atoms. The summed E-state index contributed by atoms with van der Waals surface area (Å²) < 4.78 is 11.4. The molecule has 0 radical (unpaired) electrons. The summed E-state index contributed by atoms with van der Waals surface area (Å²) in [5.74, 6) is -0.715. The maximum absolute atomic E-state index is 13.7. The summed E-state index contributed by atoms with van der Waals surface area (Å²) in [5, 5.41) is 6.66. The second-order valence-electron chi connectivity index (χ2n) is 13.8. The van der Waals surface area contributed by atoms with E-state index >= 15 is 0 Å². The number of piperazine rings is 1. The fraction of sp³-hybridized carbons (Fsp3) is 0.611. The Balaban J connectivity index is 1.11. The molecular weight excluding hydrogens is 628 g/mol. The van der Waals surface area contributed by atoms with Gasteiger partial charge in [-0.25, -0.2) is 9.78 Å². The number of carbonyl (C=O) groups excluding carboxylic acids is 5. The average molecular weight is 677 g/mol. The van der Waals surface area contributed by atoms with Crippen LogP contribution >= 0.6 is 0 Å². The number of amides is 5. The van der Waals surface area contributed by atoms with Crippen LogP contribution in [0.1, 0.15) is 80.8 Å². The number of unbranched alkanes of at least 4 members (excludes halogenated alkanes) is 1. The van der Waals surface area contributed by atoms with Crippen molar-refractivity contribution in [3.05, 3.63) is 35.5 Å². The van der Waals surface area contributed by atoms with E-state index in [2.05, 4.69) is 15.6 Å². The highest BCUT2D eigenvalue weighted by molar-refractivity contribution is 6.00. The Kier molecular flexibility index (Phi) is 10.8. The molecule has 13 heteroatoms. The SMILES string of the molecule is CCCCOC(=O)N1CCN(C(=O)[C@@H](NC(=O)c2cc(OCC(=O)N3CCC[C@H]3C(=O)NC3CCC3)c3ccc(C)cc3n2)C2CC2)CC1. The van der Waals surface area contributed by atoms with Gasteiger partial charge in [-0.15, -0.1) is 0 Å². The molecule has 5 amide bonds. The van der Waals surface area contributed by atoms with E-state index < -0.39 is 18.0 Å². The Hall–Kier alpha value is -4.42. The molecule has 0 unspecified atom stereocenters. The van der Waals surface area contributed by atoms with Crippen molar-refractivity contribution < 1.29 is 33.4 Å². The van der Waals surface area contributed by atoms with E-state index in [1.807, 2.05) is 32.0 Å². The van der Waals surface area contributed by atoms with Gasteiger partial charge in [0.2, 0.25) is 11.8 Å². The molecule has 2 aliphatic heterocycles. The highest BCUT2D eigenvalue weighted by atomic mass is 16.6. The standard InChI is InChI=1S/C36H48N6O7/c1-3-4-19-48-36(47)41-17-15-40(16-18-41)35(46)32(24-11-12-24)39-33(44)28-21-30(26-13-10-23(2)20-27(26)38-28)49-22-31(43)42-14-6-9-29(42)34(45)37-25-7-5-8-25/h10,13,20-21,24-25,29,32H,3-9,11-12,14-19,22H2,1-2H3,(H,37,45)(H,39,44)/t29-,32-/m0/s1. The molecule has 2 saturated carbocycles. The van der Waals surface area contributed by atoms with Crippen LogP contribution in [0.2, 0.25) is 0 Å². The summed E-state index contributed by atoms with van der Waals surface area (Å²) in [6.07, 6.45) is 7.48. The lowest BCUT2D eigenvalue weighted by Crippen LogP contribution is -2.56. The summed E-state index contributed by atoms with van der Waals surface area (Å²) in [4.78, 5) is 75.5. The first-order valence-electron chi connectivity index (χ1n) is 17.9. The fourth-order valence-corrected chi connectivity index (χ4v) is 6.68. The zero-order valence-electron chi connectivity index (χ0n) is 28.6. The van der Waals surface area contributed by atoms with Crippen molar-refractivity contribution in [3.8, 4) is 5.75 Å². The number of nitrogens with one attached hydrogen (secondary N) is 2. The number of aryl methyl sites for hydroxylation is 1. The Morgan fingerprint density at radius 2 is 1.69 bits per heavy atom. The smallest absolute Gasteiger partial charge is 0.409 e. The number of likely N-dealkylation sites (tertiary alicyclic amines) is 1. The second-order valence-corrected chi connectivity index (χ2v) is 13.8. The van der Waals surface area contributed by atoms with Gasteiger partial charge in [-0.05, 0) is 81.9 Å². The van der Waals surface area contributed by atoms with Gasteiger partial charge in [-0.3, -0.25) is 19.2 Å². The number of hydrogen-bond acceptors (Lipinski definition) is 8. The summed E-state index contributed by atoms with van der Waals surface area (Å²) in [5.41, 5.74) is 1.55. The van der Waals surface area contributed by atoms with E-state index in [0.717, 1.165) is 56.9 Å². The largest absolute Gasteiger partial charge is 0.483 e. The highest BCUT2D eigenvalue weighted by Crippen LogP contribution is 2.34. The fourth-order valence-electron chi connectivity index (χ4n) is 6.68. The van der Waals surface area contributed by atoms with Gasteiger partial charge in [-0.2, -0.15) is 0 Å². The lowest BCUT2D eigenvalue weighted by Gasteiger charge is -2.36. The van der Waals surface area contributed by atoms with Gasteiger partial charge < -0.3 is 34.8 Å². The highest BCUT2D eigenvalue weighted by Gasteiger charge is 2.41. The van der Waals surface area contributed by atoms with Crippen LogP contribution in [0.3, 0.4) is 0 Å². The van der Waals surface area contributed by atoms with Gasteiger partial charge in [-0.1, -0.05) is 19.4 Å². The molecule has 2 aliphatic carbocycles. The molecule has 2 N–H and O–H groups in total. The Bertz CT molecular complexity index is 1570. The van der Waals surface area contributed by atoms with Crippen LogP contribution in [0, 0.1) is 12.8 Å². The molecule has 1 aromatic carbocycles. The molecule has 0 bridgehead atoms. The number of fused-ring (bicyclic) bond motifs is 1. The molecule has 2 atom stereocenters. The normalized spacial score (nSPS) is 20.0. The van der Waals surface area contributed by atoms with E-state index in [1.54, 1.807) is 14.7 Å². The van der Waals surface area contributed by atoms with Crippen LogP contribution in [0.4, 0.5) is 4.79 Å². The van der Waals surface area contributed by atoms with E-state index in [-0.39, 0.29) is 48.1 Å². The molecule has 49 heavy (non-hydrogen) atoms. The molecule has 6 rings (SSSR count). The number of benzene rings is 1. The van der Waals surface area contributed by atoms with Crippen LogP contribution in [-0.2, 0) is 19.1 Å². The molecule has 4 aliphatic rings. The zero-order chi connectivity index (χ0) is 34.5. The van der Waals surface area contributed by atoms with Crippen molar-refractivity contribution in [2.45, 2.75) is 89.8 Å². The Morgan fingerprint density at radius 3 is 2.39 bits per heavy atom. The van der Waals surface area contributed by atoms with Gasteiger partial charge in [0.15, 0.2) is 6.61 Å². The summed E-state index contributed by atoms with van der Waals surface area (Å²) in [6, 6.07) is 6.10. The third-order valence-corrected chi connectivity index (χ3v) is 10.1. The first-order valence-corrected chi connectivity index (χ1v) is 17.9. The molecule has 1 aromatic heterocycles. The van der Waals surface area contributed by atoms with Gasteiger partial charge >= 0.3 is 6.09 Å². The molecule has 264 valence electrons. The maximum Gasteiger partial charge on any atom is 0.409 e. The third-order valence-electron chi connectivity index (χ3n) is 10.1. The number of rotatable bonds is 12. The minimum Gasteiger partial charge on any atom is -0.483 e. The lowest BCUT2D eigenvalue weighted by molar-refractivity contribution is -0.140. The van der Waals surface area contributed by atoms with E-state index in [4.69, 9.17) is 9.47 Å². The van der Waals surface area contributed by atoms with Crippen molar-refractivity contribution in [2.75, 3.05) is 45.9 Å². The molecule has 13 nitrogen and oxygen atoms in total. The number of nitrogens with zero attached hydrogens (tertiary/aromatic N) is 4. The van der Waals surface area contributed by atoms with E-state index in [0.29, 0.717) is 62.4 Å². The second kappa shape index (κ2) is 15.4. The number of ether oxygens (including phenoxy) is 2. The Labute approximate surface area is 287 Å². The van der Waals surface area contributed by atoms with Crippen molar-refractivity contribution in [1.29, 1.82) is 0 Å². The summed E-state index contributed by atoms with van der Waals surface area (Å²) >= 11 is 0. The lowest BCUT2D eigenvalue weighted by atomic mass is 9.93. The Morgan fingerprint density at radius 1 is 0.939 bits per heavy atom. The van der Waals surface area contributed by atoms with Crippen LogP contribution in [0.15, 0.2) is 24.3 Å². The maximum atomic E-state index is 13.7. The number of carbonyl (C=O) groups is 5. The van der Waals surface area contributed by atoms with Crippen LogP contribution in [-0.4, -0.2) is 113 Å². The molecule has 4 fully saturated rings. The topological polar surface area (TPSA) is 150 Å².